The van der Waals surface area contributed by atoms with Crippen LogP contribution in [-0.4, -0.2) is 59.4 Å². The van der Waals surface area contributed by atoms with Crippen LogP contribution in [0.25, 0.3) is 6.20 Å². The topological polar surface area (TPSA) is 144 Å². The molecule has 2 fully saturated rings. The van der Waals surface area contributed by atoms with Crippen molar-refractivity contribution >= 4 is 24.1 Å². The van der Waals surface area contributed by atoms with Gasteiger partial charge in [-0.05, 0) is 57.9 Å². The number of aromatic nitrogens is 2. The number of nitrogens with one attached hydrogen (secondary N) is 1. The third-order valence-electron chi connectivity index (χ3n) is 6.08. The summed E-state index contributed by atoms with van der Waals surface area (Å²) in [5.41, 5.74) is 3.89. The van der Waals surface area contributed by atoms with E-state index in [-0.39, 0.29) is 25.4 Å². The molecule has 3 N–H and O–H groups in total. The number of anilines is 1. The fourth-order valence-corrected chi connectivity index (χ4v) is 3.88. The number of carbonyl (C=O) groups excluding carboxylic acids is 2. The summed E-state index contributed by atoms with van der Waals surface area (Å²) in [5, 5.41) is 2.57. The van der Waals surface area contributed by atoms with Crippen LogP contribution in [0, 0.1) is 17.2 Å². The van der Waals surface area contributed by atoms with Gasteiger partial charge >= 0.3 is 17.8 Å². The van der Waals surface area contributed by atoms with Gasteiger partial charge in [-0.25, -0.2) is 18.8 Å². The Labute approximate surface area is 215 Å². The molecule has 206 valence electrons. The number of hydrogen-bond donors (Lipinski definition) is 2. The van der Waals surface area contributed by atoms with E-state index in [9.17, 15) is 18.8 Å². The molecule has 0 bridgehead atoms. The zero-order valence-electron chi connectivity index (χ0n) is 22.0. The van der Waals surface area contributed by atoms with Crippen LogP contribution in [0.15, 0.2) is 16.6 Å². The Morgan fingerprint density at radius 3 is 2.70 bits per heavy atom. The van der Waals surface area contributed by atoms with Crippen molar-refractivity contribution in [3.63, 3.8) is 0 Å². The van der Waals surface area contributed by atoms with Gasteiger partial charge in [0.05, 0.1) is 18.2 Å². The van der Waals surface area contributed by atoms with Crippen LogP contribution in [-0.2, 0) is 23.7 Å². The molecule has 1 saturated heterocycles. The van der Waals surface area contributed by atoms with Crippen LogP contribution >= 0.6 is 0 Å². The first-order valence-corrected chi connectivity index (χ1v) is 12.4. The Hall–Kier alpha value is -2.99. The minimum Gasteiger partial charge on any atom is -0.463 e. The van der Waals surface area contributed by atoms with Gasteiger partial charge < -0.3 is 30.0 Å². The van der Waals surface area contributed by atoms with Crippen LogP contribution < -0.4 is 16.7 Å². The maximum atomic E-state index is 13.9. The molecule has 37 heavy (non-hydrogen) atoms. The number of carbonyl (C=O) groups is 2. The number of esters is 1. The van der Waals surface area contributed by atoms with E-state index in [2.05, 4.69) is 10.3 Å². The van der Waals surface area contributed by atoms with Crippen molar-refractivity contribution < 1.29 is 32.9 Å². The lowest BCUT2D eigenvalue weighted by Crippen LogP contribution is -2.47. The highest BCUT2D eigenvalue weighted by molar-refractivity contribution is 5.81. The molecule has 1 aromatic heterocycles. The molecule has 12 heteroatoms. The third-order valence-corrected chi connectivity index (χ3v) is 6.08. The number of ether oxygens (including phenoxy) is 4. The first-order chi connectivity index (χ1) is 17.3. The van der Waals surface area contributed by atoms with E-state index in [1.54, 1.807) is 34.6 Å². The Morgan fingerprint density at radius 1 is 1.35 bits per heavy atom. The van der Waals surface area contributed by atoms with Crippen LogP contribution in [0.4, 0.5) is 15.0 Å². The van der Waals surface area contributed by atoms with Gasteiger partial charge in [-0.1, -0.05) is 13.8 Å². The van der Waals surface area contributed by atoms with E-state index in [1.807, 2.05) is 0 Å². The van der Waals surface area contributed by atoms with Gasteiger partial charge in [0.1, 0.15) is 18.2 Å². The molecule has 1 aromatic rings. The van der Waals surface area contributed by atoms with Crippen LogP contribution in [0.2, 0.25) is 0 Å². The maximum absolute atomic E-state index is 13.9. The van der Waals surface area contributed by atoms with Gasteiger partial charge in [-0.3, -0.25) is 4.57 Å². The molecule has 1 saturated carbocycles. The largest absolute Gasteiger partial charge is 0.463 e. The second kappa shape index (κ2) is 11.6. The number of nitrogens with zero attached hydrogens (tertiary/aromatic N) is 2. The molecule has 1 unspecified atom stereocenters. The van der Waals surface area contributed by atoms with Crippen molar-refractivity contribution in [1.29, 1.82) is 0 Å². The normalized spacial score (nSPS) is 23.5. The summed E-state index contributed by atoms with van der Waals surface area (Å²) < 4.78 is 37.4. The van der Waals surface area contributed by atoms with E-state index >= 15 is 0 Å². The predicted molar refractivity (Wildman–Crippen MR) is 133 cm³/mol. The van der Waals surface area contributed by atoms with Crippen LogP contribution in [0.5, 0.6) is 0 Å². The van der Waals surface area contributed by atoms with Gasteiger partial charge in [0, 0.05) is 12.8 Å². The van der Waals surface area contributed by atoms with Crippen molar-refractivity contribution in [1.82, 2.24) is 14.9 Å². The van der Waals surface area contributed by atoms with Gasteiger partial charge in [0.15, 0.2) is 17.9 Å². The Kier molecular flexibility index (Phi) is 8.96. The molecule has 0 spiro atoms. The molecule has 2 aliphatic rings. The van der Waals surface area contributed by atoms with Gasteiger partial charge in [-0.15, -0.1) is 0 Å². The number of alkyl carbamates (subject to hydrolysis) is 1. The van der Waals surface area contributed by atoms with Crippen molar-refractivity contribution in [3.05, 3.63) is 28.1 Å². The van der Waals surface area contributed by atoms with Gasteiger partial charge in [0.25, 0.3) is 0 Å². The number of amides is 1. The molecular weight excluding hydrogens is 487 g/mol. The fraction of sp³-hybridized carbons (Fsp3) is 0.680. The number of halogens is 1. The first-order valence-electron chi connectivity index (χ1n) is 12.4. The van der Waals surface area contributed by atoms with Crippen LogP contribution in [0.3, 0.4) is 0 Å². The lowest BCUT2D eigenvalue weighted by Gasteiger charge is -2.27. The zero-order chi connectivity index (χ0) is 27.4. The van der Waals surface area contributed by atoms with Crippen molar-refractivity contribution in [2.45, 2.75) is 78.2 Å². The quantitative estimate of drug-likeness (QED) is 0.466. The monoisotopic (exact) mass is 524 g/mol. The van der Waals surface area contributed by atoms with E-state index in [0.717, 1.165) is 30.0 Å². The minimum atomic E-state index is -0.932. The molecule has 0 aromatic carbocycles. The second-order valence-electron chi connectivity index (χ2n) is 10.9. The first kappa shape index (κ1) is 28.6. The highest BCUT2D eigenvalue weighted by atomic mass is 19.1. The minimum absolute atomic E-state index is 0.0662. The molecule has 1 amide bonds. The molecule has 0 radical (unpaired) electrons. The number of nitrogen functional groups attached to an aromatic ring is 1. The summed E-state index contributed by atoms with van der Waals surface area (Å²) in [6, 6.07) is -0.932. The molecule has 2 heterocycles. The number of nitrogens with two attached hydrogens (primary N) is 1. The predicted octanol–water partition coefficient (Wildman–Crippen LogP) is 2.83. The van der Waals surface area contributed by atoms with Crippen molar-refractivity contribution in [3.8, 4) is 0 Å². The Balaban J connectivity index is 1.73. The summed E-state index contributed by atoms with van der Waals surface area (Å²) in [4.78, 5) is 40.9. The summed E-state index contributed by atoms with van der Waals surface area (Å²) in [6.07, 6.45) is 4.45. The highest BCUT2D eigenvalue weighted by Crippen LogP contribution is 2.53. The number of hydrogen-bond acceptors (Lipinski definition) is 9. The van der Waals surface area contributed by atoms with Crippen LogP contribution in [0.1, 0.15) is 60.3 Å². The Bertz CT molecular complexity index is 1080. The zero-order valence-corrected chi connectivity index (χ0v) is 22.0. The van der Waals surface area contributed by atoms with Gasteiger partial charge in [-0.2, -0.15) is 4.98 Å². The third kappa shape index (κ3) is 8.00. The van der Waals surface area contributed by atoms with Crippen molar-refractivity contribution in [2.24, 2.45) is 11.3 Å². The Morgan fingerprint density at radius 2 is 2.08 bits per heavy atom. The molecule has 3 rings (SSSR count). The smallest absolute Gasteiger partial charge is 0.408 e. The molecular formula is C25H37FN4O7. The lowest BCUT2D eigenvalue weighted by molar-refractivity contribution is -0.175. The van der Waals surface area contributed by atoms with Gasteiger partial charge in [0.2, 0.25) is 0 Å². The standard InChI is InChI=1S/C25H37FN4O7/c1-15(2)19(28-23(33)37-24(3,4)5)21(31)36-14-25(13-35-18-8-6-7-9-34-18)10-16(25)11-30-12-17(26)20(27)29-22(30)32/h11-12,15,18-19H,6-10,13-14H2,1-5H3,(H,28,33)(H2,27,29,32)/b16-11-/t18?,19-,25+/m0/s1. The molecule has 3 atom stereocenters. The fourth-order valence-electron chi connectivity index (χ4n) is 3.88. The molecule has 11 nitrogen and oxygen atoms in total. The van der Waals surface area contributed by atoms with E-state index in [4.69, 9.17) is 24.7 Å². The summed E-state index contributed by atoms with van der Waals surface area (Å²) >= 11 is 0. The number of rotatable bonds is 9. The van der Waals surface area contributed by atoms with E-state index < -0.39 is 46.4 Å². The van der Waals surface area contributed by atoms with E-state index in [1.165, 1.54) is 6.20 Å². The molecule has 1 aliphatic heterocycles. The maximum Gasteiger partial charge on any atom is 0.408 e. The average molecular weight is 525 g/mol. The summed E-state index contributed by atoms with van der Waals surface area (Å²) in [5.74, 6) is -2.20. The highest BCUT2D eigenvalue weighted by Gasteiger charge is 2.51. The summed E-state index contributed by atoms with van der Waals surface area (Å²) in [6.45, 7) is 9.44. The molecule has 1 aliphatic carbocycles. The SMILES string of the molecule is CC(C)[C@H](NC(=O)OC(C)(C)C)C(=O)OC[C@]1(COC2CCCCO2)C/C1=C/n1cc(F)c(N)nc1=O. The summed E-state index contributed by atoms with van der Waals surface area (Å²) in [7, 11) is 0. The van der Waals surface area contributed by atoms with E-state index in [0.29, 0.717) is 18.6 Å². The lowest BCUT2D eigenvalue weighted by atomic mass is 10.0. The van der Waals surface area contributed by atoms with Crippen molar-refractivity contribution in [2.75, 3.05) is 25.6 Å². The average Bonchev–Trinajstić information content (AvgIpc) is 3.50. The second-order valence-corrected chi connectivity index (χ2v) is 10.9.